The van der Waals surface area contributed by atoms with Crippen molar-refractivity contribution in [2.45, 2.75) is 13.3 Å². The molecule has 0 bridgehead atoms. The van der Waals surface area contributed by atoms with Crippen LogP contribution in [0.3, 0.4) is 0 Å². The Hall–Kier alpha value is -3.00. The number of fused-ring (bicyclic) bond motifs is 2. The van der Waals surface area contributed by atoms with E-state index in [9.17, 15) is 4.79 Å². The van der Waals surface area contributed by atoms with Crippen LogP contribution in [-0.4, -0.2) is 53.9 Å². The van der Waals surface area contributed by atoms with Crippen molar-refractivity contribution in [1.82, 2.24) is 34.4 Å². The second-order valence-corrected chi connectivity index (χ2v) is 6.52. The highest BCUT2D eigenvalue weighted by molar-refractivity contribution is 6.31. The third kappa shape index (κ3) is 2.99. The van der Waals surface area contributed by atoms with E-state index in [1.54, 1.807) is 28.6 Å². The molecule has 0 fully saturated rings. The van der Waals surface area contributed by atoms with Crippen molar-refractivity contribution in [2.75, 3.05) is 13.6 Å². The molecule has 3 heterocycles. The van der Waals surface area contributed by atoms with Crippen LogP contribution in [0.2, 0.25) is 5.02 Å². The molecule has 0 spiro atoms. The van der Waals surface area contributed by atoms with Gasteiger partial charge < -0.3 is 9.88 Å². The molecule has 132 valence electrons. The molecule has 4 aromatic rings. The van der Waals surface area contributed by atoms with Crippen molar-refractivity contribution >= 4 is 34.3 Å². The van der Waals surface area contributed by atoms with Crippen molar-refractivity contribution in [3.63, 3.8) is 0 Å². The van der Waals surface area contributed by atoms with Crippen LogP contribution in [0.15, 0.2) is 30.5 Å². The lowest BCUT2D eigenvalue weighted by molar-refractivity contribution is 0.0782. The lowest BCUT2D eigenvalue weighted by atomic mass is 10.3. The smallest absolute Gasteiger partial charge is 0.291 e. The number of halogens is 1. The van der Waals surface area contributed by atoms with Gasteiger partial charge in [0, 0.05) is 36.9 Å². The Kier molecular flexibility index (Phi) is 4.04. The summed E-state index contributed by atoms with van der Waals surface area (Å²) in [6, 6.07) is 7.31. The molecule has 9 heteroatoms. The van der Waals surface area contributed by atoms with Gasteiger partial charge in [-0.05, 0) is 31.2 Å². The Morgan fingerprint density at radius 1 is 1.27 bits per heavy atom. The molecular weight excluding hydrogens is 354 g/mol. The summed E-state index contributed by atoms with van der Waals surface area (Å²) in [6.45, 7) is 2.35. The van der Waals surface area contributed by atoms with Gasteiger partial charge in [0.05, 0.1) is 11.0 Å². The van der Waals surface area contributed by atoms with Gasteiger partial charge in [-0.1, -0.05) is 11.6 Å². The van der Waals surface area contributed by atoms with Gasteiger partial charge in [-0.25, -0.2) is 9.97 Å². The topological polar surface area (TPSA) is 92.1 Å². The van der Waals surface area contributed by atoms with Crippen LogP contribution in [0.25, 0.3) is 16.8 Å². The number of likely N-dealkylation sites (N-methyl/N-ethyl adjacent to an activating group) is 1. The van der Waals surface area contributed by atoms with E-state index >= 15 is 0 Å². The molecule has 4 rings (SSSR count). The fraction of sp³-hybridized carbons (Fsp3) is 0.235. The molecule has 1 amide bonds. The monoisotopic (exact) mass is 369 g/mol. The second-order valence-electron chi connectivity index (χ2n) is 6.08. The first-order valence-corrected chi connectivity index (χ1v) is 8.47. The fourth-order valence-electron chi connectivity index (χ4n) is 2.72. The zero-order valence-corrected chi connectivity index (χ0v) is 15.0. The van der Waals surface area contributed by atoms with Gasteiger partial charge in [0.15, 0.2) is 0 Å². The van der Waals surface area contributed by atoms with E-state index in [0.29, 0.717) is 23.8 Å². The number of H-pyrrole nitrogens is 1. The molecular formula is C17H16ClN7O. The summed E-state index contributed by atoms with van der Waals surface area (Å²) in [7, 11) is 1.73. The Morgan fingerprint density at radius 2 is 2.12 bits per heavy atom. The van der Waals surface area contributed by atoms with Crippen molar-refractivity contribution in [2.24, 2.45) is 0 Å². The summed E-state index contributed by atoms with van der Waals surface area (Å²) in [4.78, 5) is 26.3. The van der Waals surface area contributed by atoms with Crippen molar-refractivity contribution in [1.29, 1.82) is 0 Å². The van der Waals surface area contributed by atoms with E-state index in [2.05, 4.69) is 25.1 Å². The highest BCUT2D eigenvalue weighted by Crippen LogP contribution is 2.17. The number of carbonyl (C=O) groups is 1. The third-order valence-electron chi connectivity index (χ3n) is 4.13. The first-order chi connectivity index (χ1) is 12.5. The van der Waals surface area contributed by atoms with E-state index in [1.165, 1.54) is 0 Å². The summed E-state index contributed by atoms with van der Waals surface area (Å²) >= 11 is 5.99. The molecule has 0 saturated heterocycles. The molecule has 1 N–H and O–H groups in total. The van der Waals surface area contributed by atoms with E-state index in [-0.39, 0.29) is 11.7 Å². The molecule has 3 aromatic heterocycles. The maximum absolute atomic E-state index is 12.7. The van der Waals surface area contributed by atoms with Gasteiger partial charge in [0.25, 0.3) is 11.7 Å². The zero-order valence-electron chi connectivity index (χ0n) is 14.3. The number of benzene rings is 1. The van der Waals surface area contributed by atoms with Crippen LogP contribution >= 0.6 is 11.6 Å². The minimum absolute atomic E-state index is 0.220. The molecule has 0 aliphatic carbocycles. The summed E-state index contributed by atoms with van der Waals surface area (Å²) in [6.07, 6.45) is 2.34. The number of nitrogens with zero attached hydrogens (tertiary/aromatic N) is 6. The van der Waals surface area contributed by atoms with E-state index in [1.807, 2.05) is 25.1 Å². The minimum Gasteiger partial charge on any atom is -0.342 e. The number of hydrogen-bond donors (Lipinski definition) is 1. The number of hydrogen-bond acceptors (Lipinski definition) is 5. The lowest BCUT2D eigenvalue weighted by Crippen LogP contribution is -2.30. The van der Waals surface area contributed by atoms with Gasteiger partial charge in [-0.3, -0.25) is 9.20 Å². The average molecular weight is 370 g/mol. The van der Waals surface area contributed by atoms with Gasteiger partial charge in [0.1, 0.15) is 5.82 Å². The van der Waals surface area contributed by atoms with Crippen LogP contribution in [0, 0.1) is 6.92 Å². The van der Waals surface area contributed by atoms with Crippen LogP contribution < -0.4 is 0 Å². The minimum atomic E-state index is -0.220. The van der Waals surface area contributed by atoms with E-state index in [4.69, 9.17) is 11.6 Å². The molecule has 0 atom stereocenters. The number of carbonyl (C=O) groups excluding carboxylic acids is 1. The standard InChI is InChI=1S/C17H16ClN7O/c1-10-5-8-25-15(22-23-17(25)19-10)16(26)24(2)7-6-14-20-12-4-3-11(18)9-13(12)21-14/h3-5,8-9H,6-7H2,1-2H3,(H,20,21). The predicted octanol–water partition coefficient (Wildman–Crippen LogP) is 2.28. The molecule has 0 aliphatic rings. The summed E-state index contributed by atoms with van der Waals surface area (Å²) < 4.78 is 1.59. The number of rotatable bonds is 4. The fourth-order valence-corrected chi connectivity index (χ4v) is 2.89. The van der Waals surface area contributed by atoms with E-state index < -0.39 is 0 Å². The van der Waals surface area contributed by atoms with Crippen LogP contribution in [0.5, 0.6) is 0 Å². The quantitative estimate of drug-likeness (QED) is 0.595. The summed E-state index contributed by atoms with van der Waals surface area (Å²) in [5.74, 6) is 1.23. The lowest BCUT2D eigenvalue weighted by Gasteiger charge is -2.15. The van der Waals surface area contributed by atoms with Gasteiger partial charge in [0.2, 0.25) is 5.82 Å². The molecule has 0 radical (unpaired) electrons. The summed E-state index contributed by atoms with van der Waals surface area (Å²) in [5.41, 5.74) is 2.55. The molecule has 26 heavy (non-hydrogen) atoms. The Balaban J connectivity index is 1.49. The number of imidazole rings is 1. The van der Waals surface area contributed by atoms with Crippen LogP contribution in [0.4, 0.5) is 0 Å². The molecule has 1 aromatic carbocycles. The Morgan fingerprint density at radius 3 is 2.96 bits per heavy atom. The maximum atomic E-state index is 12.7. The third-order valence-corrected chi connectivity index (χ3v) is 4.37. The SMILES string of the molecule is Cc1ccn2c(C(=O)N(C)CCc3nc4ccc(Cl)cc4[nH]3)nnc2n1. The van der Waals surface area contributed by atoms with Crippen molar-refractivity contribution in [3.05, 3.63) is 52.8 Å². The highest BCUT2D eigenvalue weighted by atomic mass is 35.5. The first kappa shape index (κ1) is 16.5. The molecule has 8 nitrogen and oxygen atoms in total. The number of nitrogens with one attached hydrogen (secondary N) is 1. The second kappa shape index (κ2) is 6.38. The maximum Gasteiger partial charge on any atom is 0.291 e. The first-order valence-electron chi connectivity index (χ1n) is 8.09. The molecule has 0 unspecified atom stereocenters. The summed E-state index contributed by atoms with van der Waals surface area (Å²) in [5, 5.41) is 8.59. The van der Waals surface area contributed by atoms with Gasteiger partial charge in [-0.15, -0.1) is 10.2 Å². The Bertz CT molecular complexity index is 1120. The molecule has 0 aliphatic heterocycles. The largest absolute Gasteiger partial charge is 0.342 e. The van der Waals surface area contributed by atoms with Crippen LogP contribution in [-0.2, 0) is 6.42 Å². The Labute approximate surface area is 153 Å². The van der Waals surface area contributed by atoms with Crippen molar-refractivity contribution in [3.8, 4) is 0 Å². The number of aromatic amines is 1. The number of amides is 1. The highest BCUT2D eigenvalue weighted by Gasteiger charge is 2.19. The van der Waals surface area contributed by atoms with Gasteiger partial charge in [-0.2, -0.15) is 0 Å². The van der Waals surface area contributed by atoms with E-state index in [0.717, 1.165) is 22.6 Å². The normalized spacial score (nSPS) is 11.3. The number of aryl methyl sites for hydroxylation is 1. The van der Waals surface area contributed by atoms with Crippen LogP contribution in [0.1, 0.15) is 22.1 Å². The predicted molar refractivity (Wildman–Crippen MR) is 97.3 cm³/mol. The average Bonchev–Trinajstić information content (AvgIpc) is 3.21. The van der Waals surface area contributed by atoms with Crippen molar-refractivity contribution < 1.29 is 4.79 Å². The zero-order chi connectivity index (χ0) is 18.3. The number of aromatic nitrogens is 6. The molecule has 0 saturated carbocycles. The van der Waals surface area contributed by atoms with Gasteiger partial charge >= 0.3 is 0 Å².